The lowest BCUT2D eigenvalue weighted by molar-refractivity contribution is 0.574. The van der Waals surface area contributed by atoms with Gasteiger partial charge in [0.2, 0.25) is 0 Å². The molecule has 3 rings (SSSR count). The maximum absolute atomic E-state index is 12.4. The minimum Gasteiger partial charge on any atom is -0.384 e. The summed E-state index contributed by atoms with van der Waals surface area (Å²) in [5, 5.41) is 4.11. The number of hydrogen-bond acceptors (Lipinski definition) is 8. The second-order valence-electron chi connectivity index (χ2n) is 6.64. The van der Waals surface area contributed by atoms with Gasteiger partial charge in [-0.1, -0.05) is 17.7 Å². The standard InChI is InChI=1S/C18H21N5O4S2/c1-13-2-4-16(5-3-13)29(26,27)28(24,25)7-6-23-12-15(11-21-23)8-14-9-17(19)22-18(20)10-14/h2-5,9-12H,6-8H2,1H3,(H4,19,20,22). The quantitative estimate of drug-likeness (QED) is 0.524. The number of rotatable bonds is 7. The Morgan fingerprint density at radius 3 is 2.21 bits per heavy atom. The van der Waals surface area contributed by atoms with Gasteiger partial charge in [0.25, 0.3) is 17.7 Å². The summed E-state index contributed by atoms with van der Waals surface area (Å²) in [5.74, 6) is 0.0269. The van der Waals surface area contributed by atoms with Crippen molar-refractivity contribution in [3.8, 4) is 0 Å². The van der Waals surface area contributed by atoms with Crippen molar-refractivity contribution in [1.82, 2.24) is 14.8 Å². The molecule has 2 heterocycles. The van der Waals surface area contributed by atoms with Crippen LogP contribution in [0.25, 0.3) is 0 Å². The van der Waals surface area contributed by atoms with Crippen LogP contribution in [0.3, 0.4) is 0 Å². The lowest BCUT2D eigenvalue weighted by atomic mass is 10.1. The van der Waals surface area contributed by atoms with E-state index in [1.807, 2.05) is 0 Å². The number of aryl methyl sites for hydroxylation is 2. The maximum Gasteiger partial charge on any atom is 0.282 e. The van der Waals surface area contributed by atoms with Gasteiger partial charge in [-0.2, -0.15) is 5.10 Å². The van der Waals surface area contributed by atoms with Crippen LogP contribution in [-0.2, 0) is 30.7 Å². The Balaban J connectivity index is 1.70. The molecule has 0 saturated carbocycles. The molecular weight excluding hydrogens is 414 g/mol. The largest absolute Gasteiger partial charge is 0.384 e. The molecule has 0 saturated heterocycles. The number of nitrogens with zero attached hydrogens (tertiary/aromatic N) is 3. The average molecular weight is 436 g/mol. The fourth-order valence-corrected chi connectivity index (χ4v) is 6.25. The van der Waals surface area contributed by atoms with Crippen molar-refractivity contribution in [1.29, 1.82) is 0 Å². The number of anilines is 2. The molecule has 3 aromatic rings. The zero-order valence-electron chi connectivity index (χ0n) is 15.7. The Labute approximate surface area is 168 Å². The predicted octanol–water partition coefficient (Wildman–Crippen LogP) is 1.15. The van der Waals surface area contributed by atoms with Crippen LogP contribution in [0.1, 0.15) is 16.7 Å². The zero-order valence-corrected chi connectivity index (χ0v) is 17.3. The summed E-state index contributed by atoms with van der Waals surface area (Å²) in [4.78, 5) is 3.66. The molecule has 2 aromatic heterocycles. The van der Waals surface area contributed by atoms with Crippen LogP contribution in [0.15, 0.2) is 53.7 Å². The Morgan fingerprint density at radius 1 is 0.966 bits per heavy atom. The van der Waals surface area contributed by atoms with Gasteiger partial charge >= 0.3 is 0 Å². The molecule has 0 spiro atoms. The van der Waals surface area contributed by atoms with Crippen molar-refractivity contribution >= 4 is 29.4 Å². The molecule has 29 heavy (non-hydrogen) atoms. The first-order valence-electron chi connectivity index (χ1n) is 8.64. The van der Waals surface area contributed by atoms with Gasteiger partial charge in [-0.25, -0.2) is 21.8 Å². The lowest BCUT2D eigenvalue weighted by Gasteiger charge is -2.07. The highest BCUT2D eigenvalue weighted by Crippen LogP contribution is 2.19. The monoisotopic (exact) mass is 435 g/mol. The average Bonchev–Trinajstić information content (AvgIpc) is 3.07. The van der Waals surface area contributed by atoms with E-state index < -0.39 is 23.5 Å². The van der Waals surface area contributed by atoms with E-state index in [1.165, 1.54) is 16.8 Å². The fraction of sp³-hybridized carbons (Fsp3) is 0.222. The number of benzene rings is 1. The van der Waals surface area contributed by atoms with Crippen LogP contribution in [0.2, 0.25) is 0 Å². The van der Waals surface area contributed by atoms with Crippen molar-refractivity contribution in [2.45, 2.75) is 24.8 Å². The third-order valence-corrected chi connectivity index (χ3v) is 9.52. The summed E-state index contributed by atoms with van der Waals surface area (Å²) >= 11 is 0. The van der Waals surface area contributed by atoms with Crippen LogP contribution in [-0.4, -0.2) is 37.4 Å². The second kappa shape index (κ2) is 7.84. The minimum atomic E-state index is -4.48. The van der Waals surface area contributed by atoms with Crippen LogP contribution < -0.4 is 11.5 Å². The van der Waals surface area contributed by atoms with E-state index in [0.717, 1.165) is 16.7 Å². The molecule has 0 amide bonds. The molecule has 0 bridgehead atoms. The molecule has 0 aliphatic heterocycles. The van der Waals surface area contributed by atoms with Gasteiger partial charge in [-0.3, -0.25) is 4.68 Å². The normalized spacial score (nSPS) is 12.2. The summed E-state index contributed by atoms with van der Waals surface area (Å²) in [6.45, 7) is 1.70. The minimum absolute atomic E-state index is 0.0892. The highest BCUT2D eigenvalue weighted by atomic mass is 33.2. The maximum atomic E-state index is 12.4. The molecule has 0 aliphatic rings. The molecule has 0 atom stereocenters. The summed E-state index contributed by atoms with van der Waals surface area (Å²) < 4.78 is 51.1. The number of pyridine rings is 1. The first-order valence-corrected chi connectivity index (χ1v) is 12.3. The van der Waals surface area contributed by atoms with Crippen molar-refractivity contribution < 1.29 is 16.8 Å². The van der Waals surface area contributed by atoms with Gasteiger partial charge in [0.05, 0.1) is 23.4 Å². The van der Waals surface area contributed by atoms with Crippen LogP contribution in [0.4, 0.5) is 11.6 Å². The van der Waals surface area contributed by atoms with E-state index in [-0.39, 0.29) is 11.4 Å². The summed E-state index contributed by atoms with van der Waals surface area (Å²) in [5.41, 5.74) is 13.8. The molecule has 9 nitrogen and oxygen atoms in total. The topological polar surface area (TPSA) is 151 Å². The van der Waals surface area contributed by atoms with E-state index in [0.29, 0.717) is 18.1 Å². The van der Waals surface area contributed by atoms with E-state index in [2.05, 4.69) is 10.1 Å². The molecule has 0 radical (unpaired) electrons. The number of nitrogen functional groups attached to an aromatic ring is 2. The molecule has 154 valence electrons. The molecule has 0 aliphatic carbocycles. The SMILES string of the molecule is Cc1ccc(S(=O)(=O)S(=O)(=O)CCn2cc(Cc3cc(N)nc(N)c3)cn2)cc1. The molecule has 0 unspecified atom stereocenters. The number of hydrogen-bond donors (Lipinski definition) is 2. The van der Waals surface area contributed by atoms with Gasteiger partial charge in [0.15, 0.2) is 0 Å². The first kappa shape index (κ1) is 20.8. The Morgan fingerprint density at radius 2 is 1.59 bits per heavy atom. The zero-order chi connectivity index (χ0) is 21.2. The predicted molar refractivity (Wildman–Crippen MR) is 110 cm³/mol. The van der Waals surface area contributed by atoms with Gasteiger partial charge in [0, 0.05) is 12.6 Å². The first-order chi connectivity index (χ1) is 13.6. The van der Waals surface area contributed by atoms with E-state index >= 15 is 0 Å². The van der Waals surface area contributed by atoms with Crippen molar-refractivity contribution in [2.24, 2.45) is 0 Å². The lowest BCUT2D eigenvalue weighted by Crippen LogP contribution is -2.22. The number of aromatic nitrogens is 3. The van der Waals surface area contributed by atoms with E-state index in [4.69, 9.17) is 11.5 Å². The fourth-order valence-electron chi connectivity index (χ4n) is 2.76. The van der Waals surface area contributed by atoms with E-state index in [9.17, 15) is 16.8 Å². The summed E-state index contributed by atoms with van der Waals surface area (Å²) in [7, 11) is -8.90. The highest BCUT2D eigenvalue weighted by molar-refractivity contribution is 8.67. The van der Waals surface area contributed by atoms with Crippen LogP contribution >= 0.6 is 0 Å². The third-order valence-electron chi connectivity index (χ3n) is 4.23. The van der Waals surface area contributed by atoms with Gasteiger partial charge < -0.3 is 11.5 Å². The summed E-state index contributed by atoms with van der Waals surface area (Å²) in [6, 6.07) is 9.07. The molecule has 1 aromatic carbocycles. The number of nitrogens with two attached hydrogens (primary N) is 2. The molecule has 0 fully saturated rings. The van der Waals surface area contributed by atoms with Crippen LogP contribution in [0, 0.1) is 6.92 Å². The van der Waals surface area contributed by atoms with Gasteiger partial charge in [-0.15, -0.1) is 0 Å². The van der Waals surface area contributed by atoms with Crippen molar-refractivity contribution in [3.05, 3.63) is 65.5 Å². The van der Waals surface area contributed by atoms with Crippen molar-refractivity contribution in [3.63, 3.8) is 0 Å². The highest BCUT2D eigenvalue weighted by Gasteiger charge is 2.31. The molecule has 4 N–H and O–H groups in total. The Kier molecular flexibility index (Phi) is 5.62. The van der Waals surface area contributed by atoms with E-state index in [1.54, 1.807) is 43.6 Å². The van der Waals surface area contributed by atoms with Gasteiger partial charge in [0.1, 0.15) is 11.6 Å². The summed E-state index contributed by atoms with van der Waals surface area (Å²) in [6.07, 6.45) is 3.71. The van der Waals surface area contributed by atoms with Crippen molar-refractivity contribution in [2.75, 3.05) is 17.2 Å². The smallest absolute Gasteiger partial charge is 0.282 e. The Bertz CT molecular complexity index is 1210. The second-order valence-corrected chi connectivity index (χ2v) is 12.4. The van der Waals surface area contributed by atoms with Gasteiger partial charge in [-0.05, 0) is 42.3 Å². The third kappa shape index (κ3) is 4.74. The molecule has 11 heteroatoms. The van der Waals surface area contributed by atoms with Crippen LogP contribution in [0.5, 0.6) is 0 Å². The molecular formula is C18H21N5O4S2. The Hall–Kier alpha value is -2.92.